The molecule has 3 nitrogen and oxygen atoms in total. The minimum absolute atomic E-state index is 0.477. The molecule has 0 aromatic heterocycles. The molecule has 0 aliphatic heterocycles. The van der Waals surface area contributed by atoms with Gasteiger partial charge in [-0.05, 0) is 34.9 Å². The van der Waals surface area contributed by atoms with Crippen LogP contribution in [0, 0.1) is 6.92 Å². The van der Waals surface area contributed by atoms with Crippen molar-refractivity contribution in [2.45, 2.75) is 26.2 Å². The topological polar surface area (TPSA) is 41.5 Å². The summed E-state index contributed by atoms with van der Waals surface area (Å²) in [5.74, 6) is 0.871. The zero-order valence-corrected chi connectivity index (χ0v) is 17.2. The molecule has 0 bridgehead atoms. The first-order chi connectivity index (χ1) is 14.7. The molecule has 0 aliphatic carbocycles. The molecule has 4 aromatic rings. The monoisotopic (exact) mass is 397 g/mol. The van der Waals surface area contributed by atoms with Crippen molar-refractivity contribution in [3.63, 3.8) is 0 Å². The van der Waals surface area contributed by atoms with Crippen LogP contribution in [0.25, 0.3) is 10.8 Å². The van der Waals surface area contributed by atoms with Crippen LogP contribution in [0.5, 0.6) is 5.75 Å². The molecule has 0 saturated carbocycles. The maximum absolute atomic E-state index is 10.5. The van der Waals surface area contributed by atoms with E-state index in [0.717, 1.165) is 22.4 Å². The fourth-order valence-corrected chi connectivity index (χ4v) is 3.61. The first-order valence-corrected chi connectivity index (χ1v) is 10.3. The van der Waals surface area contributed by atoms with Crippen molar-refractivity contribution in [1.82, 2.24) is 5.32 Å². The Bertz CT molecular complexity index is 1090. The first-order valence-electron chi connectivity index (χ1n) is 10.3. The van der Waals surface area contributed by atoms with Crippen LogP contribution in [0.2, 0.25) is 0 Å². The van der Waals surface area contributed by atoms with Gasteiger partial charge in [-0.1, -0.05) is 90.5 Å². The molecule has 1 unspecified atom stereocenters. The average Bonchev–Trinajstić information content (AvgIpc) is 2.80. The van der Waals surface area contributed by atoms with Gasteiger partial charge in [0.25, 0.3) is 0 Å². The van der Waals surface area contributed by atoms with Gasteiger partial charge in [0.05, 0.1) is 6.10 Å². The summed E-state index contributed by atoms with van der Waals surface area (Å²) in [6.45, 7) is 3.71. The van der Waals surface area contributed by atoms with Gasteiger partial charge in [0, 0.05) is 18.7 Å². The summed E-state index contributed by atoms with van der Waals surface area (Å²) in [6.07, 6.45) is -0.543. The lowest BCUT2D eigenvalue weighted by Crippen LogP contribution is -2.21. The fourth-order valence-electron chi connectivity index (χ4n) is 3.61. The van der Waals surface area contributed by atoms with E-state index in [1.807, 2.05) is 42.5 Å². The summed E-state index contributed by atoms with van der Waals surface area (Å²) < 4.78 is 6.21. The molecule has 4 aromatic carbocycles. The van der Waals surface area contributed by atoms with E-state index in [2.05, 4.69) is 60.8 Å². The molecule has 0 spiro atoms. The van der Waals surface area contributed by atoms with Crippen LogP contribution < -0.4 is 10.1 Å². The van der Waals surface area contributed by atoms with Crippen LogP contribution in [0.3, 0.4) is 0 Å². The zero-order valence-electron chi connectivity index (χ0n) is 17.2. The minimum Gasteiger partial charge on any atom is -0.489 e. The predicted molar refractivity (Wildman–Crippen MR) is 123 cm³/mol. The Balaban J connectivity index is 1.50. The molecule has 0 amide bonds. The molecular weight excluding hydrogens is 370 g/mol. The number of benzene rings is 4. The van der Waals surface area contributed by atoms with Crippen LogP contribution >= 0.6 is 0 Å². The number of aliphatic hydroxyl groups excluding tert-OH is 1. The van der Waals surface area contributed by atoms with Crippen LogP contribution in [0.1, 0.15) is 28.4 Å². The van der Waals surface area contributed by atoms with E-state index >= 15 is 0 Å². The Morgan fingerprint density at radius 2 is 1.57 bits per heavy atom. The highest BCUT2D eigenvalue weighted by Gasteiger charge is 2.11. The van der Waals surface area contributed by atoms with E-state index in [0.29, 0.717) is 19.7 Å². The van der Waals surface area contributed by atoms with Gasteiger partial charge in [-0.3, -0.25) is 0 Å². The highest BCUT2D eigenvalue weighted by atomic mass is 16.5. The fraction of sp³-hybridized carbons (Fsp3) is 0.185. The summed E-state index contributed by atoms with van der Waals surface area (Å²) in [5, 5.41) is 16.2. The lowest BCUT2D eigenvalue weighted by atomic mass is 10.0. The molecule has 152 valence electrons. The van der Waals surface area contributed by atoms with Crippen molar-refractivity contribution in [1.29, 1.82) is 0 Å². The Morgan fingerprint density at radius 1 is 0.833 bits per heavy atom. The van der Waals surface area contributed by atoms with Crippen LogP contribution in [-0.4, -0.2) is 11.7 Å². The number of rotatable bonds is 8. The SMILES string of the molecule is Cc1ccc(COc2ccc3ccccc3c2CNCC(O)c2ccccc2)cc1. The zero-order chi connectivity index (χ0) is 20.8. The lowest BCUT2D eigenvalue weighted by molar-refractivity contribution is 0.174. The lowest BCUT2D eigenvalue weighted by Gasteiger charge is -2.17. The van der Waals surface area contributed by atoms with Gasteiger partial charge in [-0.2, -0.15) is 0 Å². The van der Waals surface area contributed by atoms with E-state index in [4.69, 9.17) is 4.74 Å². The molecule has 0 fully saturated rings. The summed E-state index contributed by atoms with van der Waals surface area (Å²) in [5.41, 5.74) is 4.41. The maximum Gasteiger partial charge on any atom is 0.124 e. The second-order valence-corrected chi connectivity index (χ2v) is 7.60. The summed E-state index contributed by atoms with van der Waals surface area (Å²) in [6, 6.07) is 30.6. The van der Waals surface area contributed by atoms with Crippen molar-refractivity contribution in [2.24, 2.45) is 0 Å². The van der Waals surface area contributed by atoms with E-state index in [9.17, 15) is 5.11 Å². The normalized spacial score (nSPS) is 12.1. The quantitative estimate of drug-likeness (QED) is 0.410. The van der Waals surface area contributed by atoms with Crippen LogP contribution in [0.15, 0.2) is 91.0 Å². The van der Waals surface area contributed by atoms with E-state index in [-0.39, 0.29) is 0 Å². The van der Waals surface area contributed by atoms with Gasteiger partial charge in [0.1, 0.15) is 12.4 Å². The van der Waals surface area contributed by atoms with Crippen molar-refractivity contribution in [3.05, 3.63) is 113 Å². The number of nitrogens with one attached hydrogen (secondary N) is 1. The molecule has 3 heteroatoms. The van der Waals surface area contributed by atoms with Gasteiger partial charge in [-0.25, -0.2) is 0 Å². The molecule has 0 saturated heterocycles. The van der Waals surface area contributed by atoms with Gasteiger partial charge >= 0.3 is 0 Å². The number of hydrogen-bond donors (Lipinski definition) is 2. The largest absolute Gasteiger partial charge is 0.489 e. The Labute approximate surface area is 178 Å². The molecule has 2 N–H and O–H groups in total. The third-order valence-corrected chi connectivity index (χ3v) is 5.34. The Hall–Kier alpha value is -3.14. The van der Waals surface area contributed by atoms with E-state index in [1.54, 1.807) is 0 Å². The molecule has 4 rings (SSSR count). The highest BCUT2D eigenvalue weighted by molar-refractivity contribution is 5.87. The standard InChI is InChI=1S/C27H27NO2/c1-20-11-13-21(14-12-20)19-30-27-16-15-22-7-5-6-10-24(22)25(27)17-28-18-26(29)23-8-3-2-4-9-23/h2-16,26,28-29H,17-19H2,1H3. The number of ether oxygens (including phenoxy) is 1. The smallest absolute Gasteiger partial charge is 0.124 e. The van der Waals surface area contributed by atoms with Gasteiger partial charge < -0.3 is 15.2 Å². The predicted octanol–water partition coefficient (Wildman–Crippen LogP) is 5.55. The summed E-state index contributed by atoms with van der Waals surface area (Å²) in [7, 11) is 0. The Morgan fingerprint density at radius 3 is 2.37 bits per heavy atom. The van der Waals surface area contributed by atoms with Crippen LogP contribution in [0.4, 0.5) is 0 Å². The highest BCUT2D eigenvalue weighted by Crippen LogP contribution is 2.29. The van der Waals surface area contributed by atoms with Crippen LogP contribution in [-0.2, 0) is 13.2 Å². The molecule has 1 atom stereocenters. The van der Waals surface area contributed by atoms with E-state index in [1.165, 1.54) is 16.3 Å². The molecule has 0 heterocycles. The van der Waals surface area contributed by atoms with Gasteiger partial charge in [-0.15, -0.1) is 0 Å². The minimum atomic E-state index is -0.543. The van der Waals surface area contributed by atoms with Crippen molar-refractivity contribution in [3.8, 4) is 5.75 Å². The third kappa shape index (κ3) is 4.88. The van der Waals surface area contributed by atoms with Crippen molar-refractivity contribution >= 4 is 10.8 Å². The average molecular weight is 398 g/mol. The summed E-state index contributed by atoms with van der Waals surface area (Å²) >= 11 is 0. The first kappa shape index (κ1) is 20.1. The second kappa shape index (κ2) is 9.57. The van der Waals surface area contributed by atoms with Crippen molar-refractivity contribution < 1.29 is 9.84 Å². The summed E-state index contributed by atoms with van der Waals surface area (Å²) in [4.78, 5) is 0. The maximum atomic E-state index is 10.5. The van der Waals surface area contributed by atoms with E-state index < -0.39 is 6.10 Å². The second-order valence-electron chi connectivity index (χ2n) is 7.60. The van der Waals surface area contributed by atoms with Gasteiger partial charge in [0.15, 0.2) is 0 Å². The molecular formula is C27H27NO2. The molecule has 30 heavy (non-hydrogen) atoms. The molecule has 0 radical (unpaired) electrons. The number of aliphatic hydroxyl groups is 1. The number of aryl methyl sites for hydroxylation is 1. The molecule has 0 aliphatic rings. The number of fused-ring (bicyclic) bond motifs is 1. The third-order valence-electron chi connectivity index (χ3n) is 5.34. The van der Waals surface area contributed by atoms with Crippen molar-refractivity contribution in [2.75, 3.05) is 6.54 Å². The van der Waals surface area contributed by atoms with Gasteiger partial charge in [0.2, 0.25) is 0 Å². The number of hydrogen-bond acceptors (Lipinski definition) is 3. The Kier molecular flexibility index (Phi) is 6.43.